The minimum atomic E-state index is -0.0638. The third-order valence-corrected chi connectivity index (χ3v) is 5.23. The van der Waals surface area contributed by atoms with Crippen LogP contribution in [0.4, 0.5) is 0 Å². The maximum atomic E-state index is 10.5. The van der Waals surface area contributed by atoms with Crippen molar-refractivity contribution in [3.8, 4) is 11.5 Å². The first-order valence-corrected chi connectivity index (χ1v) is 7.95. The van der Waals surface area contributed by atoms with Gasteiger partial charge in [0.05, 0.1) is 15.7 Å². The van der Waals surface area contributed by atoms with Gasteiger partial charge in [-0.2, -0.15) is 0 Å². The lowest BCUT2D eigenvalue weighted by Gasteiger charge is -2.12. The van der Waals surface area contributed by atoms with Gasteiger partial charge in [0.1, 0.15) is 0 Å². The largest absolute Gasteiger partial charge is 0.504 e. The quantitative estimate of drug-likeness (QED) is 0.369. The molecule has 3 aromatic carbocycles. The van der Waals surface area contributed by atoms with E-state index in [2.05, 4.69) is 23.2 Å². The Kier molecular flexibility index (Phi) is 2.18. The van der Waals surface area contributed by atoms with Gasteiger partial charge in [-0.1, -0.05) is 24.3 Å². The fourth-order valence-corrected chi connectivity index (χ4v) is 4.08. The summed E-state index contributed by atoms with van der Waals surface area (Å²) >= 11 is 1.58. The van der Waals surface area contributed by atoms with E-state index in [1.807, 2.05) is 18.2 Å². The molecule has 1 aliphatic rings. The highest BCUT2D eigenvalue weighted by molar-refractivity contribution is 7.16. The van der Waals surface area contributed by atoms with Crippen LogP contribution in [0.15, 0.2) is 35.9 Å². The maximum absolute atomic E-state index is 10.5. The standard InChI is InChI=1S/C18H11NO2S/c20-17-13-6-14-15(22-8-19-14)7-12(13)11-5-4-9-2-1-3-10(9)16(11)18(17)21/h1,3-8,20-21H,2H2. The van der Waals surface area contributed by atoms with Crippen LogP contribution in [0.5, 0.6) is 11.5 Å². The van der Waals surface area contributed by atoms with E-state index in [4.69, 9.17) is 0 Å². The first kappa shape index (κ1) is 12.0. The van der Waals surface area contributed by atoms with Gasteiger partial charge in [-0.25, -0.2) is 4.98 Å². The molecular weight excluding hydrogens is 294 g/mol. The van der Waals surface area contributed by atoms with Crippen molar-refractivity contribution in [3.63, 3.8) is 0 Å². The number of benzene rings is 3. The Morgan fingerprint density at radius 2 is 1.91 bits per heavy atom. The molecule has 0 fully saturated rings. The van der Waals surface area contributed by atoms with Gasteiger partial charge in [0.25, 0.3) is 0 Å². The number of phenolic OH excluding ortho intramolecular Hbond substituents is 2. The second-order valence-electron chi connectivity index (χ2n) is 5.58. The molecule has 5 rings (SSSR count). The number of fused-ring (bicyclic) bond motifs is 6. The second kappa shape index (κ2) is 3.99. The van der Waals surface area contributed by atoms with Gasteiger partial charge in [-0.05, 0) is 40.5 Å². The third kappa shape index (κ3) is 1.37. The topological polar surface area (TPSA) is 53.4 Å². The molecule has 0 atom stereocenters. The zero-order chi connectivity index (χ0) is 14.8. The molecule has 22 heavy (non-hydrogen) atoms. The first-order valence-electron chi connectivity index (χ1n) is 7.07. The smallest absolute Gasteiger partial charge is 0.166 e. The highest BCUT2D eigenvalue weighted by Gasteiger charge is 2.19. The predicted molar refractivity (Wildman–Crippen MR) is 90.7 cm³/mol. The second-order valence-corrected chi connectivity index (χ2v) is 6.47. The highest BCUT2D eigenvalue weighted by Crippen LogP contribution is 2.46. The first-order chi connectivity index (χ1) is 10.7. The normalized spacial score (nSPS) is 13.5. The molecule has 0 amide bonds. The molecule has 106 valence electrons. The average molecular weight is 305 g/mol. The van der Waals surface area contributed by atoms with E-state index in [1.54, 1.807) is 16.8 Å². The van der Waals surface area contributed by atoms with Crippen molar-refractivity contribution in [1.29, 1.82) is 0 Å². The average Bonchev–Trinajstić information content (AvgIpc) is 3.18. The van der Waals surface area contributed by atoms with Gasteiger partial charge < -0.3 is 10.2 Å². The van der Waals surface area contributed by atoms with Crippen LogP contribution in [0, 0.1) is 0 Å². The Hall–Kier alpha value is -2.59. The molecule has 0 aliphatic heterocycles. The monoisotopic (exact) mass is 305 g/mol. The summed E-state index contributed by atoms with van der Waals surface area (Å²) in [5.74, 6) is -0.105. The lowest BCUT2D eigenvalue weighted by Crippen LogP contribution is -1.88. The van der Waals surface area contributed by atoms with Crippen molar-refractivity contribution in [1.82, 2.24) is 4.98 Å². The van der Waals surface area contributed by atoms with Crippen LogP contribution in [0.2, 0.25) is 0 Å². The van der Waals surface area contributed by atoms with E-state index in [0.717, 1.165) is 38.4 Å². The zero-order valence-corrected chi connectivity index (χ0v) is 12.3. The highest BCUT2D eigenvalue weighted by atomic mass is 32.1. The van der Waals surface area contributed by atoms with Crippen LogP contribution < -0.4 is 0 Å². The van der Waals surface area contributed by atoms with Crippen LogP contribution in [-0.4, -0.2) is 15.2 Å². The lowest BCUT2D eigenvalue weighted by molar-refractivity contribution is 0.412. The number of phenols is 2. The van der Waals surface area contributed by atoms with Crippen molar-refractivity contribution >= 4 is 49.2 Å². The summed E-state index contributed by atoms with van der Waals surface area (Å²) in [5, 5.41) is 24.3. The number of hydrogen-bond donors (Lipinski definition) is 2. The van der Waals surface area contributed by atoms with Gasteiger partial charge >= 0.3 is 0 Å². The molecule has 1 aromatic heterocycles. The van der Waals surface area contributed by atoms with E-state index in [0.29, 0.717) is 5.39 Å². The number of nitrogens with zero attached hydrogens (tertiary/aromatic N) is 1. The molecule has 0 bridgehead atoms. The zero-order valence-electron chi connectivity index (χ0n) is 11.5. The Morgan fingerprint density at radius 1 is 1.00 bits per heavy atom. The molecule has 1 heterocycles. The lowest BCUT2D eigenvalue weighted by atomic mass is 9.94. The number of thiazole rings is 1. The molecule has 0 saturated carbocycles. The number of aromatic nitrogens is 1. The Bertz CT molecular complexity index is 1120. The van der Waals surface area contributed by atoms with E-state index in [1.165, 1.54) is 5.56 Å². The SMILES string of the molecule is Oc1c(O)c2c3c(ccc2c2cc4scnc4cc12)CC=C3. The van der Waals surface area contributed by atoms with Crippen LogP contribution in [0.25, 0.3) is 37.8 Å². The number of rotatable bonds is 0. The Labute approximate surface area is 129 Å². The minimum absolute atomic E-state index is 0.0412. The summed E-state index contributed by atoms with van der Waals surface area (Å²) in [7, 11) is 0. The van der Waals surface area contributed by atoms with Gasteiger partial charge in [-0.15, -0.1) is 11.3 Å². The molecule has 4 heteroatoms. The fourth-order valence-electron chi connectivity index (χ4n) is 3.38. The Balaban J connectivity index is 2.10. The van der Waals surface area contributed by atoms with E-state index >= 15 is 0 Å². The third-order valence-electron chi connectivity index (χ3n) is 4.44. The number of allylic oxidation sites excluding steroid dienone is 1. The van der Waals surface area contributed by atoms with Crippen LogP contribution >= 0.6 is 11.3 Å². The summed E-state index contributed by atoms with van der Waals surface area (Å²) in [4.78, 5) is 4.29. The fraction of sp³-hybridized carbons (Fsp3) is 0.0556. The molecular formula is C18H11NO2S. The van der Waals surface area contributed by atoms with Crippen molar-refractivity contribution in [2.75, 3.05) is 0 Å². The van der Waals surface area contributed by atoms with Crippen LogP contribution in [0.3, 0.4) is 0 Å². The summed E-state index contributed by atoms with van der Waals surface area (Å²) in [5.41, 5.74) is 4.83. The van der Waals surface area contributed by atoms with Crippen molar-refractivity contribution < 1.29 is 10.2 Å². The molecule has 0 unspecified atom stereocenters. The maximum Gasteiger partial charge on any atom is 0.166 e. The molecule has 3 nitrogen and oxygen atoms in total. The molecule has 2 N–H and O–H groups in total. The number of aromatic hydroxyl groups is 2. The van der Waals surface area contributed by atoms with E-state index in [9.17, 15) is 10.2 Å². The van der Waals surface area contributed by atoms with Crippen molar-refractivity contribution in [3.05, 3.63) is 47.0 Å². The van der Waals surface area contributed by atoms with E-state index in [-0.39, 0.29) is 11.5 Å². The summed E-state index contributed by atoms with van der Waals surface area (Å²) < 4.78 is 1.08. The predicted octanol–water partition coefficient (Wildman–Crippen LogP) is 4.58. The Morgan fingerprint density at radius 3 is 2.82 bits per heavy atom. The van der Waals surface area contributed by atoms with E-state index < -0.39 is 0 Å². The van der Waals surface area contributed by atoms with Gasteiger partial charge in [-0.3, -0.25) is 0 Å². The summed E-state index contributed by atoms with van der Waals surface area (Å²) in [6.45, 7) is 0. The van der Waals surface area contributed by atoms with Gasteiger partial charge in [0, 0.05) is 10.8 Å². The van der Waals surface area contributed by atoms with Crippen LogP contribution in [0.1, 0.15) is 11.1 Å². The summed E-state index contributed by atoms with van der Waals surface area (Å²) in [6.07, 6.45) is 4.97. The molecule has 1 aliphatic carbocycles. The van der Waals surface area contributed by atoms with Gasteiger partial charge in [0.2, 0.25) is 0 Å². The molecule has 0 saturated heterocycles. The minimum Gasteiger partial charge on any atom is -0.504 e. The van der Waals surface area contributed by atoms with Gasteiger partial charge in [0.15, 0.2) is 11.5 Å². The van der Waals surface area contributed by atoms with Crippen molar-refractivity contribution in [2.24, 2.45) is 0 Å². The summed E-state index contributed by atoms with van der Waals surface area (Å²) in [6, 6.07) is 8.04. The van der Waals surface area contributed by atoms with Crippen LogP contribution in [-0.2, 0) is 6.42 Å². The molecule has 0 radical (unpaired) electrons. The molecule has 0 spiro atoms. The number of hydrogen-bond acceptors (Lipinski definition) is 4. The molecule has 4 aromatic rings. The van der Waals surface area contributed by atoms with Crippen molar-refractivity contribution in [2.45, 2.75) is 6.42 Å².